The number of nitrogens with zero attached hydrogens (tertiary/aromatic N) is 1. The second-order valence-corrected chi connectivity index (χ2v) is 8.95. The number of hydrogen-bond acceptors (Lipinski definition) is 4. The first-order chi connectivity index (χ1) is 17.0. The van der Waals surface area contributed by atoms with Crippen LogP contribution in [0.4, 0.5) is 4.39 Å². The molecule has 0 spiro atoms. The number of cyclic esters (lactones) is 1. The molecule has 1 N–H and O–H groups in total. The van der Waals surface area contributed by atoms with E-state index in [2.05, 4.69) is 5.32 Å². The number of aromatic nitrogens is 1. The summed E-state index contributed by atoms with van der Waals surface area (Å²) in [4.78, 5) is 37.5. The first kappa shape index (κ1) is 21.3. The third-order valence-electron chi connectivity index (χ3n) is 6.84. The van der Waals surface area contributed by atoms with Crippen molar-refractivity contribution in [3.8, 4) is 11.1 Å². The van der Waals surface area contributed by atoms with Gasteiger partial charge in [-0.3, -0.25) is 9.59 Å². The second-order valence-electron chi connectivity index (χ2n) is 8.95. The summed E-state index contributed by atoms with van der Waals surface area (Å²) >= 11 is 0. The van der Waals surface area contributed by atoms with E-state index < -0.39 is 12.1 Å². The van der Waals surface area contributed by atoms with Gasteiger partial charge in [0.2, 0.25) is 5.91 Å². The molecule has 3 heterocycles. The lowest BCUT2D eigenvalue weighted by Gasteiger charge is -2.15. The minimum absolute atomic E-state index is 0.0320. The Hall–Kier alpha value is -4.26. The van der Waals surface area contributed by atoms with Crippen LogP contribution in [0.1, 0.15) is 39.9 Å². The number of ether oxygens (including phenoxy) is 1. The number of carbonyl (C=O) groups excluding carboxylic acids is 2. The summed E-state index contributed by atoms with van der Waals surface area (Å²) < 4.78 is 21.7. The van der Waals surface area contributed by atoms with Gasteiger partial charge in [0.25, 0.3) is 5.56 Å². The number of rotatable bonds is 5. The Bertz CT molecular complexity index is 1560. The summed E-state index contributed by atoms with van der Waals surface area (Å²) in [5.41, 5.74) is 3.88. The predicted molar refractivity (Wildman–Crippen MR) is 129 cm³/mol. The van der Waals surface area contributed by atoms with Crippen LogP contribution in [-0.2, 0) is 16.1 Å². The van der Waals surface area contributed by atoms with E-state index in [1.807, 2.05) is 42.5 Å². The van der Waals surface area contributed by atoms with E-state index in [-0.39, 0.29) is 36.2 Å². The highest BCUT2D eigenvalue weighted by molar-refractivity contribution is 5.96. The predicted octanol–water partition coefficient (Wildman–Crippen LogP) is 4.32. The molecular weight excluding hydrogens is 447 g/mol. The summed E-state index contributed by atoms with van der Waals surface area (Å²) in [6.45, 7) is 0.479. The minimum atomic E-state index is -0.675. The summed E-state index contributed by atoms with van der Waals surface area (Å²) in [5.74, 6) is -1.50. The average molecular weight is 468 g/mol. The molecule has 2 atom stereocenters. The summed E-state index contributed by atoms with van der Waals surface area (Å²) in [7, 11) is 0. The van der Waals surface area contributed by atoms with Gasteiger partial charge >= 0.3 is 5.97 Å². The normalized spacial score (nSPS) is 17.9. The number of hydrogen-bond donors (Lipinski definition) is 1. The Labute approximate surface area is 200 Å². The van der Waals surface area contributed by atoms with Crippen molar-refractivity contribution in [3.63, 3.8) is 0 Å². The van der Waals surface area contributed by atoms with E-state index in [9.17, 15) is 18.8 Å². The summed E-state index contributed by atoms with van der Waals surface area (Å²) in [5, 5.41) is 3.64. The largest absolute Gasteiger partial charge is 0.453 e. The molecule has 0 saturated carbocycles. The van der Waals surface area contributed by atoms with Crippen molar-refractivity contribution in [2.75, 3.05) is 6.54 Å². The molecule has 0 saturated heterocycles. The number of nitrogens with one attached hydrogen (secondary N) is 1. The Morgan fingerprint density at radius 3 is 2.63 bits per heavy atom. The number of benzene rings is 3. The molecule has 1 aromatic heterocycles. The zero-order valence-corrected chi connectivity index (χ0v) is 18.7. The quantitative estimate of drug-likeness (QED) is 0.443. The maximum atomic E-state index is 14.7. The molecule has 2 aliphatic heterocycles. The molecule has 3 aromatic carbocycles. The lowest BCUT2D eigenvalue weighted by Crippen LogP contribution is -2.30. The number of halogens is 1. The standard InChI is InChI=1S/C28H21FN2O4/c29-22-10-7-17-8-11-25(33)31-15-19(26(22)27(17)31)14-30-24(32)13-23-20-9-6-18(12-21(20)28(34)35-23)16-4-2-1-3-5-16/h1-12,19,23H,13-15H2,(H,30,32)/t19-,23?/m1/s1. The maximum Gasteiger partial charge on any atom is 0.339 e. The van der Waals surface area contributed by atoms with E-state index in [1.54, 1.807) is 22.8 Å². The zero-order chi connectivity index (χ0) is 24.1. The van der Waals surface area contributed by atoms with Crippen LogP contribution in [0.3, 0.4) is 0 Å². The first-order valence-corrected chi connectivity index (χ1v) is 11.5. The van der Waals surface area contributed by atoms with Gasteiger partial charge in [-0.2, -0.15) is 0 Å². The van der Waals surface area contributed by atoms with Gasteiger partial charge in [-0.15, -0.1) is 0 Å². The molecule has 4 aromatic rings. The molecule has 1 unspecified atom stereocenters. The van der Waals surface area contributed by atoms with Crippen LogP contribution in [0.2, 0.25) is 0 Å². The van der Waals surface area contributed by atoms with Crippen LogP contribution in [-0.4, -0.2) is 23.0 Å². The fraction of sp³-hybridized carbons (Fsp3) is 0.179. The molecule has 2 aliphatic rings. The number of carbonyl (C=O) groups is 2. The third-order valence-corrected chi connectivity index (χ3v) is 6.84. The van der Waals surface area contributed by atoms with Crippen LogP contribution < -0.4 is 10.9 Å². The highest BCUT2D eigenvalue weighted by Gasteiger charge is 2.34. The monoisotopic (exact) mass is 468 g/mol. The van der Waals surface area contributed by atoms with E-state index in [4.69, 9.17) is 4.74 Å². The van der Waals surface area contributed by atoms with Crippen molar-refractivity contribution in [2.24, 2.45) is 0 Å². The van der Waals surface area contributed by atoms with Gasteiger partial charge in [-0.25, -0.2) is 9.18 Å². The van der Waals surface area contributed by atoms with Crippen molar-refractivity contribution in [1.29, 1.82) is 0 Å². The zero-order valence-electron chi connectivity index (χ0n) is 18.7. The minimum Gasteiger partial charge on any atom is -0.453 e. The lowest BCUT2D eigenvalue weighted by atomic mass is 9.96. The van der Waals surface area contributed by atoms with Gasteiger partial charge in [0.05, 0.1) is 17.5 Å². The SMILES string of the molecule is O=C(CC1OC(=O)c2cc(-c3ccccc3)ccc21)NC[C@@H]1Cn2c(=O)ccc3ccc(F)c1c32. The van der Waals surface area contributed by atoms with Crippen molar-refractivity contribution >= 4 is 22.8 Å². The molecule has 0 radical (unpaired) electrons. The molecule has 0 bridgehead atoms. The van der Waals surface area contributed by atoms with Crippen molar-refractivity contribution < 1.29 is 18.7 Å². The van der Waals surface area contributed by atoms with E-state index >= 15 is 0 Å². The van der Waals surface area contributed by atoms with Crippen molar-refractivity contribution in [3.05, 3.63) is 106 Å². The summed E-state index contributed by atoms with van der Waals surface area (Å²) in [6.07, 6.45) is -0.707. The third kappa shape index (κ3) is 3.60. The lowest BCUT2D eigenvalue weighted by molar-refractivity contribution is -0.123. The molecule has 6 rings (SSSR count). The Kier molecular flexibility index (Phi) is 4.99. The fourth-order valence-corrected chi connectivity index (χ4v) is 5.15. The molecule has 6 nitrogen and oxygen atoms in total. The number of pyridine rings is 1. The molecule has 35 heavy (non-hydrogen) atoms. The highest BCUT2D eigenvalue weighted by Crippen LogP contribution is 2.37. The highest BCUT2D eigenvalue weighted by atomic mass is 19.1. The first-order valence-electron chi connectivity index (χ1n) is 11.5. The molecule has 7 heteroatoms. The van der Waals surface area contributed by atoms with Crippen molar-refractivity contribution in [2.45, 2.75) is 25.0 Å². The fourth-order valence-electron chi connectivity index (χ4n) is 5.15. The van der Waals surface area contributed by atoms with Gasteiger partial charge in [-0.1, -0.05) is 42.5 Å². The second kappa shape index (κ2) is 8.20. The average Bonchev–Trinajstić information content (AvgIpc) is 3.41. The van der Waals surface area contributed by atoms with Crippen molar-refractivity contribution in [1.82, 2.24) is 9.88 Å². The van der Waals surface area contributed by atoms with E-state index in [1.165, 1.54) is 12.1 Å². The van der Waals surface area contributed by atoms with Crippen LogP contribution in [0.15, 0.2) is 77.6 Å². The Morgan fingerprint density at radius 2 is 1.80 bits per heavy atom. The van der Waals surface area contributed by atoms with Gasteiger partial charge in [0, 0.05) is 36.2 Å². The van der Waals surface area contributed by atoms with Crippen LogP contribution in [0.25, 0.3) is 22.0 Å². The Balaban J connectivity index is 1.17. The molecule has 0 fully saturated rings. The Morgan fingerprint density at radius 1 is 1.00 bits per heavy atom. The van der Waals surface area contributed by atoms with E-state index in [0.29, 0.717) is 28.8 Å². The van der Waals surface area contributed by atoms with Gasteiger partial charge in [0.15, 0.2) is 0 Å². The molecule has 174 valence electrons. The topological polar surface area (TPSA) is 77.4 Å². The van der Waals surface area contributed by atoms with Crippen LogP contribution in [0.5, 0.6) is 0 Å². The molecule has 0 aliphatic carbocycles. The van der Waals surface area contributed by atoms with Gasteiger partial charge in [-0.05, 0) is 40.8 Å². The van der Waals surface area contributed by atoms with E-state index in [0.717, 1.165) is 16.5 Å². The molecular formula is C28H21FN2O4. The van der Waals surface area contributed by atoms with Crippen LogP contribution in [0, 0.1) is 5.82 Å². The van der Waals surface area contributed by atoms with Crippen LogP contribution >= 0.6 is 0 Å². The number of fused-ring (bicyclic) bond motifs is 1. The maximum absolute atomic E-state index is 14.7. The number of amides is 1. The summed E-state index contributed by atoms with van der Waals surface area (Å²) in [6, 6.07) is 21.5. The van der Waals surface area contributed by atoms with Gasteiger partial charge < -0.3 is 14.6 Å². The smallest absolute Gasteiger partial charge is 0.339 e. The van der Waals surface area contributed by atoms with Gasteiger partial charge in [0.1, 0.15) is 11.9 Å². The number of esters is 1. The molecule has 1 amide bonds.